The van der Waals surface area contributed by atoms with E-state index >= 15 is 0 Å². The van der Waals surface area contributed by atoms with Crippen LogP contribution in [0.1, 0.15) is 32.4 Å². The number of amides is 2. The Morgan fingerprint density at radius 1 is 1.00 bits per heavy atom. The number of anilines is 1. The number of rotatable bonds is 5. The Morgan fingerprint density at radius 3 is 2.29 bits per heavy atom. The van der Waals surface area contributed by atoms with Crippen molar-refractivity contribution in [2.75, 3.05) is 11.1 Å². The molecule has 0 bridgehead atoms. The van der Waals surface area contributed by atoms with E-state index in [0.717, 1.165) is 23.3 Å². The van der Waals surface area contributed by atoms with Crippen LogP contribution in [0, 0.1) is 0 Å². The summed E-state index contributed by atoms with van der Waals surface area (Å²) >= 11 is 13.1. The minimum Gasteiger partial charge on any atom is -0.322 e. The van der Waals surface area contributed by atoms with Crippen LogP contribution in [0.4, 0.5) is 18.9 Å². The maximum Gasteiger partial charge on any atom is 0.418 e. The first-order valence-corrected chi connectivity index (χ1v) is 11.9. The molecule has 0 saturated carbocycles. The summed E-state index contributed by atoms with van der Waals surface area (Å²) in [5.41, 5.74) is 0.527. The van der Waals surface area contributed by atoms with Gasteiger partial charge in [0.1, 0.15) is 5.37 Å². The smallest absolute Gasteiger partial charge is 0.322 e. The number of halogens is 5. The lowest BCUT2D eigenvalue weighted by Crippen LogP contribution is -2.27. The Labute approximate surface area is 208 Å². The van der Waals surface area contributed by atoms with Crippen LogP contribution in [0.15, 0.2) is 66.7 Å². The van der Waals surface area contributed by atoms with Gasteiger partial charge in [-0.3, -0.25) is 9.59 Å². The average molecular weight is 525 g/mol. The number of carbonyl (C=O) groups excluding carboxylic acids is 2. The molecule has 4 nitrogen and oxygen atoms in total. The van der Waals surface area contributed by atoms with Crippen LogP contribution in [0.2, 0.25) is 10.0 Å². The molecule has 1 aliphatic heterocycles. The van der Waals surface area contributed by atoms with E-state index in [9.17, 15) is 22.8 Å². The first-order valence-electron chi connectivity index (χ1n) is 10.1. The molecule has 10 heteroatoms. The molecule has 0 aromatic heterocycles. The second-order valence-corrected chi connectivity index (χ2v) is 9.52. The topological polar surface area (TPSA) is 49.4 Å². The number of thioether (sulfide) groups is 1. The van der Waals surface area contributed by atoms with Gasteiger partial charge in [0.05, 0.1) is 17.0 Å². The van der Waals surface area contributed by atoms with Gasteiger partial charge in [0.2, 0.25) is 5.91 Å². The average Bonchev–Trinajstić information content (AvgIpc) is 3.16. The Bertz CT molecular complexity index is 1220. The lowest BCUT2D eigenvalue weighted by atomic mass is 10.1. The third kappa shape index (κ3) is 5.51. The predicted molar refractivity (Wildman–Crippen MR) is 128 cm³/mol. The van der Waals surface area contributed by atoms with Gasteiger partial charge < -0.3 is 10.2 Å². The summed E-state index contributed by atoms with van der Waals surface area (Å²) in [6, 6.07) is 16.9. The van der Waals surface area contributed by atoms with E-state index in [2.05, 4.69) is 5.32 Å². The standard InChI is InChI=1S/C24H17Cl2F3N2O2S/c25-17-7-1-14(2-8-17)12-31-21(32)13-34-23(31)16-5-3-15(4-6-16)22(33)30-20-10-9-18(26)11-19(20)24(27,28)29/h1-11,23H,12-13H2,(H,30,33)/t23-/m0/s1. The van der Waals surface area contributed by atoms with Gasteiger partial charge in [-0.2, -0.15) is 13.2 Å². The van der Waals surface area contributed by atoms with Gasteiger partial charge in [-0.15, -0.1) is 11.8 Å². The fourth-order valence-corrected chi connectivity index (χ4v) is 5.03. The van der Waals surface area contributed by atoms with E-state index < -0.39 is 17.6 Å². The molecule has 0 radical (unpaired) electrons. The summed E-state index contributed by atoms with van der Waals surface area (Å²) in [7, 11) is 0. The summed E-state index contributed by atoms with van der Waals surface area (Å²) in [4.78, 5) is 26.8. The van der Waals surface area contributed by atoms with Gasteiger partial charge in [0.25, 0.3) is 5.91 Å². The Kier molecular flexibility index (Phi) is 7.12. The summed E-state index contributed by atoms with van der Waals surface area (Å²) in [5, 5.41) is 2.59. The van der Waals surface area contributed by atoms with Crippen LogP contribution < -0.4 is 5.32 Å². The highest BCUT2D eigenvalue weighted by Crippen LogP contribution is 2.40. The number of alkyl halides is 3. The van der Waals surface area contributed by atoms with Crippen molar-refractivity contribution in [1.82, 2.24) is 4.90 Å². The molecule has 1 heterocycles. The Hall–Kier alpha value is -2.68. The summed E-state index contributed by atoms with van der Waals surface area (Å²) < 4.78 is 39.9. The minimum atomic E-state index is -4.67. The molecule has 176 valence electrons. The molecule has 4 rings (SSSR count). The van der Waals surface area contributed by atoms with Crippen molar-refractivity contribution in [3.63, 3.8) is 0 Å². The molecule has 2 amide bonds. The van der Waals surface area contributed by atoms with E-state index in [1.165, 1.54) is 30.0 Å². The number of hydrogen-bond donors (Lipinski definition) is 1. The largest absolute Gasteiger partial charge is 0.418 e. The first-order chi connectivity index (χ1) is 16.1. The predicted octanol–water partition coefficient (Wildman–Crippen LogP) is 7.04. The minimum absolute atomic E-state index is 0.00538. The molecule has 0 spiro atoms. The number of nitrogens with zero attached hydrogens (tertiary/aromatic N) is 1. The van der Waals surface area contributed by atoms with Crippen LogP contribution in [0.25, 0.3) is 0 Å². The third-order valence-electron chi connectivity index (χ3n) is 5.23. The van der Waals surface area contributed by atoms with Crippen LogP contribution in [-0.2, 0) is 17.5 Å². The molecule has 34 heavy (non-hydrogen) atoms. The van der Waals surface area contributed by atoms with Gasteiger partial charge in [-0.05, 0) is 53.6 Å². The molecular formula is C24H17Cl2F3N2O2S. The summed E-state index contributed by atoms with van der Waals surface area (Å²) in [6.45, 7) is 0.409. The summed E-state index contributed by atoms with van der Waals surface area (Å²) in [5.74, 6) is -0.362. The zero-order chi connectivity index (χ0) is 24.5. The van der Waals surface area contributed by atoms with Crippen molar-refractivity contribution >= 4 is 52.5 Å². The molecule has 1 fully saturated rings. The van der Waals surface area contributed by atoms with E-state index in [1.807, 2.05) is 12.1 Å². The highest BCUT2D eigenvalue weighted by molar-refractivity contribution is 8.00. The van der Waals surface area contributed by atoms with Crippen molar-refractivity contribution in [2.45, 2.75) is 18.1 Å². The molecule has 1 aliphatic rings. The van der Waals surface area contributed by atoms with Crippen molar-refractivity contribution in [3.05, 3.63) is 99.0 Å². The normalized spacial score (nSPS) is 16.1. The maximum absolute atomic E-state index is 13.3. The van der Waals surface area contributed by atoms with Gasteiger partial charge in [-0.1, -0.05) is 47.5 Å². The van der Waals surface area contributed by atoms with E-state index in [4.69, 9.17) is 23.2 Å². The van der Waals surface area contributed by atoms with Gasteiger partial charge in [0.15, 0.2) is 0 Å². The molecule has 3 aromatic rings. The van der Waals surface area contributed by atoms with E-state index in [1.54, 1.807) is 29.2 Å². The molecule has 3 aromatic carbocycles. The monoisotopic (exact) mass is 524 g/mol. The molecular weight excluding hydrogens is 508 g/mol. The maximum atomic E-state index is 13.3. The molecule has 1 N–H and O–H groups in total. The van der Waals surface area contributed by atoms with Gasteiger partial charge in [-0.25, -0.2) is 0 Å². The second kappa shape index (κ2) is 9.90. The Morgan fingerprint density at radius 2 is 1.65 bits per heavy atom. The van der Waals surface area contributed by atoms with E-state index in [0.29, 0.717) is 17.3 Å². The van der Waals surface area contributed by atoms with Crippen LogP contribution >= 0.6 is 35.0 Å². The van der Waals surface area contributed by atoms with Crippen LogP contribution in [0.5, 0.6) is 0 Å². The van der Waals surface area contributed by atoms with Crippen molar-refractivity contribution in [1.29, 1.82) is 0 Å². The van der Waals surface area contributed by atoms with Crippen LogP contribution in [-0.4, -0.2) is 22.5 Å². The second-order valence-electron chi connectivity index (χ2n) is 7.58. The lowest BCUT2D eigenvalue weighted by Gasteiger charge is -2.24. The SMILES string of the molecule is O=C(Nc1ccc(Cl)cc1C(F)(F)F)c1ccc([C@@H]2SCC(=O)N2Cc2ccc(Cl)cc2)cc1. The van der Waals surface area contributed by atoms with Crippen molar-refractivity contribution in [3.8, 4) is 0 Å². The fraction of sp³-hybridized carbons (Fsp3) is 0.167. The molecule has 1 saturated heterocycles. The van der Waals surface area contributed by atoms with E-state index in [-0.39, 0.29) is 27.6 Å². The van der Waals surface area contributed by atoms with Crippen molar-refractivity contribution in [2.24, 2.45) is 0 Å². The number of nitrogens with one attached hydrogen (secondary N) is 1. The number of hydrogen-bond acceptors (Lipinski definition) is 3. The lowest BCUT2D eigenvalue weighted by molar-refractivity contribution is -0.137. The highest BCUT2D eigenvalue weighted by Gasteiger charge is 2.35. The fourth-order valence-electron chi connectivity index (χ4n) is 3.54. The third-order valence-corrected chi connectivity index (χ3v) is 6.97. The number of benzene rings is 3. The van der Waals surface area contributed by atoms with Gasteiger partial charge >= 0.3 is 6.18 Å². The first kappa shape index (κ1) is 24.4. The zero-order valence-corrected chi connectivity index (χ0v) is 19.7. The number of carbonyl (C=O) groups is 2. The van der Waals surface area contributed by atoms with Crippen LogP contribution in [0.3, 0.4) is 0 Å². The molecule has 0 aliphatic carbocycles. The summed E-state index contributed by atoms with van der Waals surface area (Å²) in [6.07, 6.45) is -4.67. The zero-order valence-electron chi connectivity index (χ0n) is 17.4. The van der Waals surface area contributed by atoms with Gasteiger partial charge in [0, 0.05) is 22.2 Å². The molecule has 0 unspecified atom stereocenters. The quantitative estimate of drug-likeness (QED) is 0.389. The Balaban J connectivity index is 1.50. The molecule has 1 atom stereocenters. The van der Waals surface area contributed by atoms with Crippen molar-refractivity contribution < 1.29 is 22.8 Å². The highest BCUT2D eigenvalue weighted by atomic mass is 35.5.